The summed E-state index contributed by atoms with van der Waals surface area (Å²) in [6.07, 6.45) is 0. The molecule has 136 valence electrons. The molecule has 0 radical (unpaired) electrons. The zero-order valence-electron chi connectivity index (χ0n) is 14.8. The van der Waals surface area contributed by atoms with Gasteiger partial charge in [-0.1, -0.05) is 25.6 Å². The molecular formula is C17H23N3O3S2. The monoisotopic (exact) mass is 381 g/mol. The van der Waals surface area contributed by atoms with E-state index < -0.39 is 9.84 Å². The van der Waals surface area contributed by atoms with Gasteiger partial charge in [-0.25, -0.2) is 8.42 Å². The lowest BCUT2D eigenvalue weighted by molar-refractivity contribution is -0.120. The second-order valence-corrected chi connectivity index (χ2v) is 10.3. The number of amides is 1. The van der Waals surface area contributed by atoms with E-state index in [1.54, 1.807) is 0 Å². The van der Waals surface area contributed by atoms with Gasteiger partial charge in [0, 0.05) is 36.6 Å². The van der Waals surface area contributed by atoms with Crippen LogP contribution in [0.3, 0.4) is 0 Å². The minimum absolute atomic E-state index is 0.0720. The van der Waals surface area contributed by atoms with Gasteiger partial charge >= 0.3 is 0 Å². The smallest absolute Gasteiger partial charge is 0.250 e. The van der Waals surface area contributed by atoms with E-state index in [0.717, 1.165) is 11.4 Å². The van der Waals surface area contributed by atoms with Crippen molar-refractivity contribution in [1.29, 1.82) is 0 Å². The van der Waals surface area contributed by atoms with Crippen molar-refractivity contribution < 1.29 is 13.2 Å². The van der Waals surface area contributed by atoms with Crippen LogP contribution in [0.1, 0.15) is 13.8 Å². The SMILES string of the molecule is CC(C)C(=O)N=C1S[C@@H]2CS(=O)(=O)C[C@H]2N1c1ccc(N(C)C)cc1. The van der Waals surface area contributed by atoms with Gasteiger partial charge in [0.05, 0.1) is 17.5 Å². The Morgan fingerprint density at radius 2 is 1.88 bits per heavy atom. The maximum absolute atomic E-state index is 12.1. The summed E-state index contributed by atoms with van der Waals surface area (Å²) >= 11 is 1.41. The molecule has 2 saturated heterocycles. The topological polar surface area (TPSA) is 70.0 Å². The van der Waals surface area contributed by atoms with Gasteiger partial charge in [-0.3, -0.25) is 4.79 Å². The Labute approximate surface area is 153 Å². The molecule has 2 heterocycles. The number of benzene rings is 1. The van der Waals surface area contributed by atoms with E-state index in [4.69, 9.17) is 0 Å². The van der Waals surface area contributed by atoms with Crippen LogP contribution >= 0.6 is 11.8 Å². The third-order valence-electron chi connectivity index (χ3n) is 4.41. The molecule has 0 aromatic heterocycles. The van der Waals surface area contributed by atoms with Crippen molar-refractivity contribution >= 4 is 44.0 Å². The van der Waals surface area contributed by atoms with Crippen molar-refractivity contribution in [2.24, 2.45) is 10.9 Å². The van der Waals surface area contributed by atoms with Crippen LogP contribution in [0.5, 0.6) is 0 Å². The molecule has 6 nitrogen and oxygen atoms in total. The number of carbonyl (C=O) groups is 1. The van der Waals surface area contributed by atoms with Gasteiger partial charge in [0.2, 0.25) is 0 Å². The summed E-state index contributed by atoms with van der Waals surface area (Å²) in [4.78, 5) is 20.3. The van der Waals surface area contributed by atoms with Gasteiger partial charge in [0.15, 0.2) is 15.0 Å². The molecule has 3 rings (SSSR count). The fraction of sp³-hybridized carbons (Fsp3) is 0.529. The molecule has 0 spiro atoms. The molecule has 2 fully saturated rings. The minimum atomic E-state index is -3.05. The first kappa shape index (κ1) is 18.3. The standard InChI is InChI=1S/C17H23N3O3S2/c1-11(2)16(21)18-17-20(13-7-5-12(6-8-13)19(3)4)14-9-25(22,23)10-15(14)24-17/h5-8,11,14-15H,9-10H2,1-4H3/t14-,15-/m1/s1. The summed E-state index contributed by atoms with van der Waals surface area (Å²) in [7, 11) is 0.887. The Morgan fingerprint density at radius 3 is 2.44 bits per heavy atom. The summed E-state index contributed by atoms with van der Waals surface area (Å²) < 4.78 is 24.1. The van der Waals surface area contributed by atoms with E-state index in [0.29, 0.717) is 5.17 Å². The van der Waals surface area contributed by atoms with E-state index in [9.17, 15) is 13.2 Å². The van der Waals surface area contributed by atoms with Crippen molar-refractivity contribution in [3.8, 4) is 0 Å². The second kappa shape index (κ2) is 6.64. The van der Waals surface area contributed by atoms with Gasteiger partial charge in [0.1, 0.15) is 0 Å². The molecule has 1 amide bonds. The Balaban J connectivity index is 1.98. The van der Waals surface area contributed by atoms with Crippen LogP contribution in [-0.2, 0) is 14.6 Å². The first-order chi connectivity index (χ1) is 11.7. The lowest BCUT2D eigenvalue weighted by atomic mass is 10.2. The first-order valence-corrected chi connectivity index (χ1v) is 10.9. The molecule has 25 heavy (non-hydrogen) atoms. The summed E-state index contributed by atoms with van der Waals surface area (Å²) in [5.74, 6) is -0.117. The van der Waals surface area contributed by atoms with Gasteiger partial charge in [-0.05, 0) is 24.3 Å². The van der Waals surface area contributed by atoms with Crippen LogP contribution in [0, 0.1) is 5.92 Å². The normalized spacial score (nSPS) is 26.3. The van der Waals surface area contributed by atoms with Gasteiger partial charge in [-0.2, -0.15) is 4.99 Å². The predicted molar refractivity (Wildman–Crippen MR) is 104 cm³/mol. The number of sulfone groups is 1. The van der Waals surface area contributed by atoms with Crippen molar-refractivity contribution in [2.75, 3.05) is 35.4 Å². The lowest BCUT2D eigenvalue weighted by Crippen LogP contribution is -2.37. The molecule has 0 aliphatic carbocycles. The van der Waals surface area contributed by atoms with E-state index in [-0.39, 0.29) is 34.6 Å². The zero-order valence-corrected chi connectivity index (χ0v) is 16.5. The van der Waals surface area contributed by atoms with Crippen LogP contribution < -0.4 is 9.80 Å². The van der Waals surface area contributed by atoms with Crippen molar-refractivity contribution in [2.45, 2.75) is 25.1 Å². The van der Waals surface area contributed by atoms with Gasteiger partial charge < -0.3 is 9.80 Å². The summed E-state index contributed by atoms with van der Waals surface area (Å²) in [5.41, 5.74) is 1.93. The number of carbonyl (C=O) groups excluding carboxylic acids is 1. The summed E-state index contributed by atoms with van der Waals surface area (Å²) in [6, 6.07) is 7.72. The number of rotatable bonds is 3. The zero-order chi connectivity index (χ0) is 18.4. The number of hydrogen-bond donors (Lipinski definition) is 0. The molecule has 0 bridgehead atoms. The number of fused-ring (bicyclic) bond motifs is 1. The molecule has 2 aliphatic heterocycles. The second-order valence-electron chi connectivity index (χ2n) is 6.97. The van der Waals surface area contributed by atoms with E-state index in [1.165, 1.54) is 11.8 Å². The molecule has 1 aromatic rings. The van der Waals surface area contributed by atoms with Crippen LogP contribution in [-0.4, -0.2) is 56.4 Å². The highest BCUT2D eigenvalue weighted by atomic mass is 32.2. The minimum Gasteiger partial charge on any atom is -0.378 e. The predicted octanol–water partition coefficient (Wildman–Crippen LogP) is 2.01. The van der Waals surface area contributed by atoms with Crippen LogP contribution in [0.2, 0.25) is 0 Å². The number of amidine groups is 1. The Kier molecular flexibility index (Phi) is 4.85. The van der Waals surface area contributed by atoms with Crippen LogP contribution in [0.25, 0.3) is 0 Å². The largest absolute Gasteiger partial charge is 0.378 e. The van der Waals surface area contributed by atoms with Crippen molar-refractivity contribution in [3.63, 3.8) is 0 Å². The van der Waals surface area contributed by atoms with Crippen LogP contribution in [0.4, 0.5) is 11.4 Å². The Bertz CT molecular complexity index is 801. The van der Waals surface area contributed by atoms with E-state index in [1.807, 2.05) is 62.0 Å². The highest BCUT2D eigenvalue weighted by molar-refractivity contribution is 8.16. The highest BCUT2D eigenvalue weighted by Crippen LogP contribution is 2.41. The van der Waals surface area contributed by atoms with Crippen LogP contribution in [0.15, 0.2) is 29.3 Å². The number of aliphatic imine (C=N–C) groups is 1. The fourth-order valence-corrected chi connectivity index (χ4v) is 6.92. The molecular weight excluding hydrogens is 358 g/mol. The molecule has 1 aromatic carbocycles. The highest BCUT2D eigenvalue weighted by Gasteiger charge is 2.49. The number of thioether (sulfide) groups is 1. The average Bonchev–Trinajstić information content (AvgIpc) is 2.98. The number of anilines is 2. The molecule has 0 unspecified atom stereocenters. The average molecular weight is 382 g/mol. The summed E-state index contributed by atoms with van der Waals surface area (Å²) in [6.45, 7) is 3.63. The van der Waals surface area contributed by atoms with Crippen molar-refractivity contribution in [3.05, 3.63) is 24.3 Å². The van der Waals surface area contributed by atoms with E-state index >= 15 is 0 Å². The van der Waals surface area contributed by atoms with Gasteiger partial charge in [-0.15, -0.1) is 0 Å². The Morgan fingerprint density at radius 1 is 1.24 bits per heavy atom. The fourth-order valence-electron chi connectivity index (χ4n) is 3.00. The molecule has 0 saturated carbocycles. The Hall–Kier alpha value is -1.54. The molecule has 2 atom stereocenters. The molecule has 8 heteroatoms. The maximum Gasteiger partial charge on any atom is 0.250 e. The van der Waals surface area contributed by atoms with Gasteiger partial charge in [0.25, 0.3) is 5.91 Å². The quantitative estimate of drug-likeness (QED) is 0.798. The molecule has 0 N–H and O–H groups in total. The maximum atomic E-state index is 12.1. The third-order valence-corrected chi connectivity index (χ3v) is 7.62. The third kappa shape index (κ3) is 3.69. The lowest BCUT2D eigenvalue weighted by Gasteiger charge is -2.25. The number of hydrogen-bond acceptors (Lipinski definition) is 5. The van der Waals surface area contributed by atoms with E-state index in [2.05, 4.69) is 4.99 Å². The first-order valence-electron chi connectivity index (χ1n) is 8.24. The molecule has 2 aliphatic rings. The van der Waals surface area contributed by atoms with Crippen molar-refractivity contribution in [1.82, 2.24) is 0 Å². The number of nitrogens with zero attached hydrogens (tertiary/aromatic N) is 3. The summed E-state index contributed by atoms with van der Waals surface area (Å²) in [5, 5.41) is 0.540.